The number of rotatable bonds is 8. The van der Waals surface area contributed by atoms with Crippen molar-refractivity contribution in [2.24, 2.45) is 11.8 Å². The number of hydrogen-bond donors (Lipinski definition) is 2. The van der Waals surface area contributed by atoms with Crippen LogP contribution in [-0.4, -0.2) is 47.6 Å². The molecule has 2 aliphatic rings. The number of carbonyl (C=O) groups is 2. The largest absolute Gasteiger partial charge is 0.462 e. The number of piperidine rings is 1. The van der Waals surface area contributed by atoms with Crippen molar-refractivity contribution in [2.75, 3.05) is 24.6 Å². The molecular formula is C30H27Cl3N4O3S. The predicted octanol–water partition coefficient (Wildman–Crippen LogP) is 7.04. The van der Waals surface area contributed by atoms with Crippen molar-refractivity contribution in [1.29, 1.82) is 0 Å². The molecule has 1 aliphatic heterocycles. The lowest BCUT2D eigenvalue weighted by Gasteiger charge is -2.19. The Bertz CT molecular complexity index is 1640. The summed E-state index contributed by atoms with van der Waals surface area (Å²) in [5.74, 6) is -0.00494. The maximum absolute atomic E-state index is 12.9. The molecule has 0 bridgehead atoms. The van der Waals surface area contributed by atoms with Gasteiger partial charge in [-0.1, -0.05) is 82.5 Å². The molecule has 1 amide bonds. The average molecular weight is 630 g/mol. The van der Waals surface area contributed by atoms with Crippen molar-refractivity contribution >= 4 is 63.1 Å². The standard InChI is InChI=1S/C30H27Cl3N4O3S/c1-3-40-29(39)27-22(11-16-6-4-7-17(10-16)18-8-5-9-19(31)12-18)35-30(41-27)37-13-20-21(14-37)25(20)36-28(38)26-24(33)23(32)15(2)34-26/h4-10,12,20-21,25,34H,3,11,13-14H2,1-2H3,(H,36,38)/t20-,21+,25?. The molecule has 1 saturated heterocycles. The Morgan fingerprint density at radius 3 is 2.44 bits per heavy atom. The van der Waals surface area contributed by atoms with Crippen LogP contribution in [0.15, 0.2) is 48.5 Å². The third-order valence-corrected chi connectivity index (χ3v) is 9.97. The second kappa shape index (κ2) is 11.3. The van der Waals surface area contributed by atoms with E-state index in [9.17, 15) is 9.59 Å². The van der Waals surface area contributed by atoms with E-state index in [0.29, 0.717) is 56.9 Å². The lowest BCUT2D eigenvalue weighted by Crippen LogP contribution is -2.34. The zero-order chi connectivity index (χ0) is 28.8. The van der Waals surface area contributed by atoms with E-state index >= 15 is 0 Å². The van der Waals surface area contributed by atoms with Gasteiger partial charge >= 0.3 is 5.97 Å². The Hall–Kier alpha value is -3.04. The summed E-state index contributed by atoms with van der Waals surface area (Å²) in [5, 5.41) is 5.18. The van der Waals surface area contributed by atoms with Crippen molar-refractivity contribution in [3.8, 4) is 11.1 Å². The van der Waals surface area contributed by atoms with Crippen LogP contribution in [0.25, 0.3) is 11.1 Å². The van der Waals surface area contributed by atoms with E-state index in [1.807, 2.05) is 42.5 Å². The van der Waals surface area contributed by atoms with Gasteiger partial charge < -0.3 is 19.9 Å². The van der Waals surface area contributed by atoms with Crippen LogP contribution in [0.1, 0.15) is 44.0 Å². The Kier molecular flexibility index (Phi) is 7.76. The monoisotopic (exact) mass is 628 g/mol. The van der Waals surface area contributed by atoms with Gasteiger partial charge in [0.15, 0.2) is 5.13 Å². The van der Waals surface area contributed by atoms with Crippen LogP contribution in [0.4, 0.5) is 5.13 Å². The molecular weight excluding hydrogens is 603 g/mol. The van der Waals surface area contributed by atoms with Crippen LogP contribution in [0.5, 0.6) is 0 Å². The number of benzene rings is 2. The van der Waals surface area contributed by atoms with E-state index in [4.69, 9.17) is 44.5 Å². The maximum atomic E-state index is 12.9. The molecule has 3 heterocycles. The van der Waals surface area contributed by atoms with Gasteiger partial charge in [-0.05, 0) is 42.7 Å². The number of esters is 1. The molecule has 3 atom stereocenters. The molecule has 1 unspecified atom stereocenters. The normalized spacial score (nSPS) is 19.2. The summed E-state index contributed by atoms with van der Waals surface area (Å²) in [6.07, 6.45) is 0.497. The molecule has 2 fully saturated rings. The zero-order valence-corrected chi connectivity index (χ0v) is 25.4. The van der Waals surface area contributed by atoms with Crippen molar-refractivity contribution in [3.05, 3.63) is 91.1 Å². The number of amides is 1. The first kappa shape index (κ1) is 28.1. The first-order valence-corrected chi connectivity index (χ1v) is 15.3. The van der Waals surface area contributed by atoms with E-state index < -0.39 is 0 Å². The van der Waals surface area contributed by atoms with Gasteiger partial charge in [0.2, 0.25) is 0 Å². The summed E-state index contributed by atoms with van der Waals surface area (Å²) in [5.41, 5.74) is 4.76. The van der Waals surface area contributed by atoms with Crippen LogP contribution in [0, 0.1) is 18.8 Å². The molecule has 2 aromatic heterocycles. The summed E-state index contributed by atoms with van der Waals surface area (Å²) >= 11 is 19.9. The molecule has 1 saturated carbocycles. The second-order valence-electron chi connectivity index (χ2n) is 10.4. The quantitative estimate of drug-likeness (QED) is 0.204. The number of thiazole rings is 1. The summed E-state index contributed by atoms with van der Waals surface area (Å²) in [6, 6.07) is 16.0. The van der Waals surface area contributed by atoms with Gasteiger partial charge in [-0.3, -0.25) is 4.79 Å². The number of aromatic amines is 1. The van der Waals surface area contributed by atoms with Crippen LogP contribution < -0.4 is 10.2 Å². The zero-order valence-electron chi connectivity index (χ0n) is 22.3. The third kappa shape index (κ3) is 5.58. The Morgan fingerprint density at radius 1 is 1.07 bits per heavy atom. The predicted molar refractivity (Wildman–Crippen MR) is 164 cm³/mol. The number of anilines is 1. The molecule has 6 rings (SSSR count). The number of ether oxygens (including phenoxy) is 1. The SMILES string of the molecule is CCOC(=O)c1sc(N2C[C@@H]3C(NC(=O)c4[nH]c(C)c(Cl)c4Cl)[C@@H]3C2)nc1Cc1cccc(-c2cccc(Cl)c2)c1. The fraction of sp³-hybridized carbons (Fsp3) is 0.300. The molecule has 2 N–H and O–H groups in total. The summed E-state index contributed by atoms with van der Waals surface area (Å²) in [4.78, 5) is 36.3. The number of hydrogen-bond acceptors (Lipinski definition) is 6. The minimum Gasteiger partial charge on any atom is -0.462 e. The Morgan fingerprint density at radius 2 is 1.78 bits per heavy atom. The summed E-state index contributed by atoms with van der Waals surface area (Å²) < 4.78 is 5.37. The second-order valence-corrected chi connectivity index (χ2v) is 12.5. The smallest absolute Gasteiger partial charge is 0.350 e. The Balaban J connectivity index is 1.17. The van der Waals surface area contributed by atoms with E-state index in [1.54, 1.807) is 13.8 Å². The van der Waals surface area contributed by atoms with Gasteiger partial charge in [0.1, 0.15) is 10.6 Å². The minimum atomic E-state index is -0.358. The molecule has 0 spiro atoms. The molecule has 0 radical (unpaired) electrons. The molecule has 2 aromatic carbocycles. The molecule has 4 aromatic rings. The van der Waals surface area contributed by atoms with E-state index in [-0.39, 0.29) is 22.9 Å². The average Bonchev–Trinajstić information content (AvgIpc) is 3.29. The molecule has 7 nitrogen and oxygen atoms in total. The fourth-order valence-electron chi connectivity index (χ4n) is 5.52. The number of carbonyl (C=O) groups excluding carboxylic acids is 2. The highest BCUT2D eigenvalue weighted by molar-refractivity contribution is 7.17. The topological polar surface area (TPSA) is 87.3 Å². The lowest BCUT2D eigenvalue weighted by atomic mass is 10.0. The number of aryl methyl sites for hydroxylation is 1. The van der Waals surface area contributed by atoms with Gasteiger partial charge in [-0.2, -0.15) is 0 Å². The maximum Gasteiger partial charge on any atom is 0.350 e. The van der Waals surface area contributed by atoms with Gasteiger partial charge in [-0.15, -0.1) is 0 Å². The number of H-pyrrole nitrogens is 1. The van der Waals surface area contributed by atoms with Gasteiger partial charge in [0, 0.05) is 48.1 Å². The minimum absolute atomic E-state index is 0.0652. The Labute approximate surface area is 256 Å². The highest BCUT2D eigenvalue weighted by Gasteiger charge is 2.57. The van der Waals surface area contributed by atoms with Crippen LogP contribution in [-0.2, 0) is 11.2 Å². The van der Waals surface area contributed by atoms with E-state index in [0.717, 1.165) is 34.9 Å². The number of nitrogens with one attached hydrogen (secondary N) is 2. The summed E-state index contributed by atoms with van der Waals surface area (Å²) in [6.45, 7) is 5.35. The first-order chi connectivity index (χ1) is 19.7. The fourth-order valence-corrected chi connectivity index (χ4v) is 7.12. The van der Waals surface area contributed by atoms with Gasteiger partial charge in [-0.25, -0.2) is 9.78 Å². The highest BCUT2D eigenvalue weighted by Crippen LogP contribution is 2.48. The van der Waals surface area contributed by atoms with Crippen molar-refractivity contribution in [3.63, 3.8) is 0 Å². The first-order valence-electron chi connectivity index (χ1n) is 13.3. The number of nitrogens with zero attached hydrogens (tertiary/aromatic N) is 2. The van der Waals surface area contributed by atoms with Crippen LogP contribution in [0.2, 0.25) is 15.1 Å². The number of aromatic nitrogens is 2. The van der Waals surface area contributed by atoms with E-state index in [1.165, 1.54) is 11.3 Å². The lowest BCUT2D eigenvalue weighted by molar-refractivity contribution is 0.0530. The molecule has 41 heavy (non-hydrogen) atoms. The van der Waals surface area contributed by atoms with Crippen LogP contribution in [0.3, 0.4) is 0 Å². The van der Waals surface area contributed by atoms with E-state index in [2.05, 4.69) is 21.3 Å². The van der Waals surface area contributed by atoms with Crippen LogP contribution >= 0.6 is 46.1 Å². The third-order valence-electron chi connectivity index (χ3n) is 7.65. The highest BCUT2D eigenvalue weighted by atomic mass is 35.5. The molecule has 1 aliphatic carbocycles. The number of fused-ring (bicyclic) bond motifs is 1. The van der Waals surface area contributed by atoms with Crippen molar-refractivity contribution in [2.45, 2.75) is 26.3 Å². The molecule has 11 heteroatoms. The van der Waals surface area contributed by atoms with Gasteiger partial charge in [0.05, 0.1) is 22.3 Å². The van der Waals surface area contributed by atoms with Gasteiger partial charge in [0.25, 0.3) is 5.91 Å². The summed E-state index contributed by atoms with van der Waals surface area (Å²) in [7, 11) is 0. The van der Waals surface area contributed by atoms with Crippen molar-refractivity contribution < 1.29 is 14.3 Å². The van der Waals surface area contributed by atoms with Crippen molar-refractivity contribution in [1.82, 2.24) is 15.3 Å². The number of halogens is 3. The molecule has 212 valence electrons.